The number of carbonyl (C=O) groups excluding carboxylic acids is 4. The van der Waals surface area contributed by atoms with E-state index in [0.29, 0.717) is 74.8 Å². The molecular weight excluding hydrogens is 1020 g/mol. The number of hydrogen-bond acceptors (Lipinski definition) is 15. The molecule has 0 bridgehead atoms. The van der Waals surface area contributed by atoms with Crippen molar-refractivity contribution >= 4 is 94.2 Å². The molecule has 0 aliphatic heterocycles. The summed E-state index contributed by atoms with van der Waals surface area (Å²) in [5.74, 6) is 1.50. The number of methoxy groups -OCH3 is 2. The fourth-order valence-electron chi connectivity index (χ4n) is 6.15. The summed E-state index contributed by atoms with van der Waals surface area (Å²) in [6.07, 6.45) is 1.55. The van der Waals surface area contributed by atoms with Gasteiger partial charge in [-0.2, -0.15) is 20.4 Å². The fraction of sp³-hybridized carbons (Fsp3) is 0.200. The smallest absolute Gasteiger partial charge is 0.356 e. The molecule has 4 aromatic carbocycles. The first-order chi connectivity index (χ1) is 34.9. The number of nitrogen functional groups attached to an aromatic ring is 1. The molecule has 0 aliphatic carbocycles. The topological polar surface area (TPSA) is 240 Å². The summed E-state index contributed by atoms with van der Waals surface area (Å²) in [5, 5.41) is 37.6. The van der Waals surface area contributed by atoms with Gasteiger partial charge in [-0.05, 0) is 65.2 Å². The minimum Gasteiger partial charge on any atom is -0.464 e. The molecule has 4 heterocycles. The Kier molecular flexibility index (Phi) is 23.5. The maximum Gasteiger partial charge on any atom is 0.356 e. The number of esters is 2. The molecule has 0 saturated heterocycles. The van der Waals surface area contributed by atoms with Crippen LogP contribution in [-0.2, 0) is 63.9 Å². The Morgan fingerprint density at radius 3 is 1.33 bits per heavy atom. The molecule has 0 fully saturated rings. The van der Waals surface area contributed by atoms with Gasteiger partial charge in [0.25, 0.3) is 0 Å². The number of nitrogens with zero attached hydrogens (tertiary/aromatic N) is 8. The van der Waals surface area contributed by atoms with Crippen molar-refractivity contribution in [3.05, 3.63) is 186 Å². The quantitative estimate of drug-likeness (QED) is 0.0504. The Bertz CT molecular complexity index is 3060. The van der Waals surface area contributed by atoms with E-state index in [-0.39, 0.29) is 6.61 Å². The molecule has 0 radical (unpaired) electrons. The van der Waals surface area contributed by atoms with Crippen molar-refractivity contribution in [2.75, 3.05) is 35.9 Å². The lowest BCUT2D eigenvalue weighted by Gasteiger charge is -2.03. The van der Waals surface area contributed by atoms with Crippen LogP contribution in [0.15, 0.2) is 121 Å². The first kappa shape index (κ1) is 57.9. The molecule has 0 aliphatic rings. The normalized spacial score (nSPS) is 10.1. The van der Waals surface area contributed by atoms with E-state index in [1.54, 1.807) is 69.3 Å². The maximum atomic E-state index is 11.4. The van der Waals surface area contributed by atoms with Crippen LogP contribution in [0.1, 0.15) is 64.2 Å². The average molecular weight is 1080 g/mol. The van der Waals surface area contributed by atoms with Gasteiger partial charge in [0.05, 0.1) is 26.5 Å². The number of benzene rings is 4. The van der Waals surface area contributed by atoms with E-state index in [4.69, 9.17) is 57.2 Å². The van der Waals surface area contributed by atoms with Gasteiger partial charge in [0.2, 0.25) is 0 Å². The number of rotatable bonds is 14. The summed E-state index contributed by atoms with van der Waals surface area (Å²) in [6.45, 7) is 1.85. The van der Waals surface area contributed by atoms with Gasteiger partial charge in [0.15, 0.2) is 6.29 Å². The van der Waals surface area contributed by atoms with E-state index < -0.39 is 11.9 Å². The predicted octanol–water partition coefficient (Wildman–Crippen LogP) is 9.09. The van der Waals surface area contributed by atoms with Crippen LogP contribution in [0, 0.1) is 0 Å². The van der Waals surface area contributed by atoms with Crippen molar-refractivity contribution < 1.29 is 33.8 Å². The third-order valence-corrected chi connectivity index (χ3v) is 10.8. The zero-order chi connectivity index (χ0) is 53.5. The minimum absolute atomic E-state index is 0.0116. The third-order valence-electron chi connectivity index (χ3n) is 9.82. The Hall–Kier alpha value is -7.68. The Labute approximate surface area is 441 Å². The molecule has 8 rings (SSSR count). The number of nitrogens with one attached hydrogen (secondary N) is 3. The minimum atomic E-state index is -0.434. The van der Waals surface area contributed by atoms with E-state index in [2.05, 4.69) is 45.8 Å². The molecule has 0 unspecified atom stereocenters. The third kappa shape index (κ3) is 19.5. The zero-order valence-electron chi connectivity index (χ0n) is 40.6. The summed E-state index contributed by atoms with van der Waals surface area (Å²) >= 11 is 23.3. The summed E-state index contributed by atoms with van der Waals surface area (Å²) in [5.41, 5.74) is 11.2. The molecule has 8 aromatic rings. The first-order valence-electron chi connectivity index (χ1n) is 21.7. The second-order valence-corrected chi connectivity index (χ2v) is 17.0. The predicted molar refractivity (Wildman–Crippen MR) is 284 cm³/mol. The fourth-order valence-corrected chi connectivity index (χ4v) is 6.99. The van der Waals surface area contributed by atoms with Gasteiger partial charge in [-0.15, -0.1) is 0 Å². The zero-order valence-corrected chi connectivity index (χ0v) is 43.6. The lowest BCUT2D eigenvalue weighted by Crippen LogP contribution is -2.07. The highest BCUT2D eigenvalue weighted by Crippen LogP contribution is 2.17. The van der Waals surface area contributed by atoms with Crippen molar-refractivity contribution in [1.29, 1.82) is 0 Å². The van der Waals surface area contributed by atoms with Crippen LogP contribution in [0.4, 0.5) is 23.3 Å². The highest BCUT2D eigenvalue weighted by molar-refractivity contribution is 6.31. The number of aldehydes is 2. The number of ether oxygens (including phenoxy) is 2. The number of aliphatic hydroxyl groups is 1. The number of anilines is 4. The first-order valence-corrected chi connectivity index (χ1v) is 23.3. The van der Waals surface area contributed by atoms with Gasteiger partial charge in [0, 0.05) is 97.7 Å². The van der Waals surface area contributed by atoms with E-state index in [1.807, 2.05) is 78.9 Å². The number of halogens is 4. The van der Waals surface area contributed by atoms with Crippen LogP contribution in [0.3, 0.4) is 0 Å². The number of aryl methyl sites for hydroxylation is 4. The van der Waals surface area contributed by atoms with E-state index in [1.165, 1.54) is 34.3 Å². The van der Waals surface area contributed by atoms with Crippen LogP contribution in [-0.4, -0.2) is 83.0 Å². The summed E-state index contributed by atoms with van der Waals surface area (Å²) < 4.78 is 15.2. The van der Waals surface area contributed by atoms with Crippen LogP contribution in [0.5, 0.6) is 0 Å². The summed E-state index contributed by atoms with van der Waals surface area (Å²) in [4.78, 5) is 43.1. The van der Waals surface area contributed by atoms with E-state index in [0.717, 1.165) is 45.8 Å². The van der Waals surface area contributed by atoms with Crippen LogP contribution in [0.2, 0.25) is 20.1 Å². The monoisotopic (exact) mass is 1070 g/mol. The molecular formula is C50H54Cl4N12O7. The lowest BCUT2D eigenvalue weighted by atomic mass is 10.2. The molecule has 0 saturated carbocycles. The van der Waals surface area contributed by atoms with Crippen LogP contribution in [0.25, 0.3) is 0 Å². The Morgan fingerprint density at radius 1 is 0.548 bits per heavy atom. The number of carbonyl (C=O) groups is 4. The molecule has 0 amide bonds. The van der Waals surface area contributed by atoms with Crippen molar-refractivity contribution in [3.63, 3.8) is 0 Å². The molecule has 19 nitrogen and oxygen atoms in total. The standard InChI is InChI=1S/C13H14ClN3O2.C12H14ClN3O.C12H12ClN3O.C7H5ClO.C6H9N3O2/c1-17-11(13(18)19-2)7-12(16-17)15-8-9-4-3-5-10(14)6-9;2*1-16-11(8-17)6-12(15-16)14-7-9-3-2-4-10(13)5-9;8-7-3-1-2-6(4-7)5-9;1-9-4(6(10)11-2)3-5(7)8-9/h3-7H,8H2,1-2H3,(H,15,16);2-6,17H,7-8H2,1H3,(H,14,15);2-6,8H,7H2,1H3,(H,14,15);1-5H;3H,1-2H3,(H2,7,8). The van der Waals surface area contributed by atoms with Crippen LogP contribution < -0.4 is 21.7 Å². The van der Waals surface area contributed by atoms with Gasteiger partial charge < -0.3 is 36.3 Å². The van der Waals surface area contributed by atoms with Gasteiger partial charge in [0.1, 0.15) is 46.6 Å². The highest BCUT2D eigenvalue weighted by Gasteiger charge is 2.14. The molecule has 0 atom stereocenters. The SMILES string of the molecule is COC(=O)c1cc(N)nn1C.COC(=O)c1cc(NCc2cccc(Cl)c2)nn1C.Cn1nc(NCc2cccc(Cl)c2)cc1C=O.Cn1nc(NCc2cccc(Cl)c2)cc1CO.O=Cc1cccc(Cl)c1. The van der Waals surface area contributed by atoms with Gasteiger partial charge in [-0.3, -0.25) is 28.3 Å². The molecule has 73 heavy (non-hydrogen) atoms. The number of hydrogen-bond donors (Lipinski definition) is 5. The van der Waals surface area contributed by atoms with E-state index in [9.17, 15) is 19.2 Å². The molecule has 0 spiro atoms. The molecule has 6 N–H and O–H groups in total. The number of aliphatic hydroxyl groups excluding tert-OH is 1. The van der Waals surface area contributed by atoms with E-state index >= 15 is 0 Å². The lowest BCUT2D eigenvalue weighted by molar-refractivity contribution is 0.0579. The van der Waals surface area contributed by atoms with Gasteiger partial charge in [-0.1, -0.05) is 94.9 Å². The Morgan fingerprint density at radius 2 is 0.959 bits per heavy atom. The number of nitrogens with two attached hydrogens (primary N) is 1. The largest absolute Gasteiger partial charge is 0.464 e. The van der Waals surface area contributed by atoms with Gasteiger partial charge >= 0.3 is 11.9 Å². The second-order valence-electron chi connectivity index (χ2n) is 15.2. The summed E-state index contributed by atoms with van der Waals surface area (Å²) in [6, 6.07) is 36.2. The van der Waals surface area contributed by atoms with Crippen LogP contribution >= 0.6 is 46.4 Å². The molecule has 4 aromatic heterocycles. The molecule has 23 heteroatoms. The summed E-state index contributed by atoms with van der Waals surface area (Å²) in [7, 11) is 9.50. The van der Waals surface area contributed by atoms with Gasteiger partial charge in [-0.25, -0.2) is 9.59 Å². The maximum absolute atomic E-state index is 11.4. The molecule has 384 valence electrons. The Balaban J connectivity index is 0.000000202. The van der Waals surface area contributed by atoms with Crippen molar-refractivity contribution in [3.8, 4) is 0 Å². The van der Waals surface area contributed by atoms with Crippen molar-refractivity contribution in [1.82, 2.24) is 39.1 Å². The number of aromatic nitrogens is 8. The van der Waals surface area contributed by atoms with Crippen molar-refractivity contribution in [2.24, 2.45) is 28.2 Å². The highest BCUT2D eigenvalue weighted by atomic mass is 35.5. The average Bonchev–Trinajstić information content (AvgIpc) is 4.15. The van der Waals surface area contributed by atoms with Crippen molar-refractivity contribution in [2.45, 2.75) is 26.2 Å². The second kappa shape index (κ2) is 29.6.